The first-order chi connectivity index (χ1) is 10.8. The van der Waals surface area contributed by atoms with E-state index in [1.807, 2.05) is 0 Å². The van der Waals surface area contributed by atoms with E-state index in [1.165, 1.54) is 61.4 Å². The van der Waals surface area contributed by atoms with E-state index in [-0.39, 0.29) is 0 Å². The van der Waals surface area contributed by atoms with Crippen molar-refractivity contribution in [3.05, 3.63) is 48.0 Å². The fourth-order valence-corrected chi connectivity index (χ4v) is 4.98. The highest BCUT2D eigenvalue weighted by molar-refractivity contribution is 5.85. The monoisotopic (exact) mass is 293 g/mol. The first kappa shape index (κ1) is 14.3. The minimum Gasteiger partial charge on any atom is -0.296 e. The van der Waals surface area contributed by atoms with E-state index in [0.29, 0.717) is 5.41 Å². The van der Waals surface area contributed by atoms with Gasteiger partial charge in [0.25, 0.3) is 0 Å². The number of fused-ring (bicyclic) bond motifs is 2. The molecule has 2 aromatic rings. The lowest BCUT2D eigenvalue weighted by Gasteiger charge is -2.51. The Labute approximate surface area is 134 Å². The van der Waals surface area contributed by atoms with Gasteiger partial charge in [0.15, 0.2) is 0 Å². The van der Waals surface area contributed by atoms with Crippen LogP contribution in [0.2, 0.25) is 0 Å². The fraction of sp³-hybridized carbons (Fsp3) is 0.524. The van der Waals surface area contributed by atoms with Gasteiger partial charge in [0.2, 0.25) is 0 Å². The molecule has 0 aromatic heterocycles. The van der Waals surface area contributed by atoms with Gasteiger partial charge in [-0.05, 0) is 54.0 Å². The van der Waals surface area contributed by atoms with E-state index < -0.39 is 0 Å². The second kappa shape index (κ2) is 5.70. The molecule has 0 spiro atoms. The van der Waals surface area contributed by atoms with Crippen molar-refractivity contribution in [2.75, 3.05) is 6.54 Å². The van der Waals surface area contributed by atoms with Crippen LogP contribution in [0.3, 0.4) is 0 Å². The zero-order chi connectivity index (χ0) is 15.0. The maximum Gasteiger partial charge on any atom is 0.0243 e. The molecule has 1 heterocycles. The number of rotatable bonds is 2. The third kappa shape index (κ3) is 2.46. The Bertz CT molecular complexity index is 653. The first-order valence-corrected chi connectivity index (χ1v) is 8.97. The highest BCUT2D eigenvalue weighted by Crippen LogP contribution is 2.46. The summed E-state index contributed by atoms with van der Waals surface area (Å²) in [6, 6.07) is 16.4. The van der Waals surface area contributed by atoms with Crippen molar-refractivity contribution >= 4 is 10.8 Å². The van der Waals surface area contributed by atoms with Gasteiger partial charge in [0, 0.05) is 12.6 Å². The average molecular weight is 293 g/mol. The molecule has 1 saturated heterocycles. The number of hydrogen-bond donors (Lipinski definition) is 0. The van der Waals surface area contributed by atoms with Crippen LogP contribution in [0.25, 0.3) is 10.8 Å². The number of hydrogen-bond acceptors (Lipinski definition) is 1. The van der Waals surface area contributed by atoms with E-state index in [4.69, 9.17) is 0 Å². The van der Waals surface area contributed by atoms with E-state index in [0.717, 1.165) is 12.6 Å². The molecule has 2 unspecified atom stereocenters. The quantitative estimate of drug-likeness (QED) is 0.718. The van der Waals surface area contributed by atoms with E-state index in [9.17, 15) is 0 Å². The lowest BCUT2D eigenvalue weighted by atomic mass is 9.66. The van der Waals surface area contributed by atoms with Gasteiger partial charge >= 0.3 is 0 Å². The zero-order valence-electron chi connectivity index (χ0n) is 13.7. The number of nitrogens with zero attached hydrogens (tertiary/aromatic N) is 1. The Morgan fingerprint density at radius 1 is 1.00 bits per heavy atom. The topological polar surface area (TPSA) is 3.24 Å². The summed E-state index contributed by atoms with van der Waals surface area (Å²) >= 11 is 0. The largest absolute Gasteiger partial charge is 0.296 e. The SMILES string of the molecule is CC12CCCCC1N(Cc1cccc3ccccc13)CCC2. The van der Waals surface area contributed by atoms with Crippen molar-refractivity contribution in [2.45, 2.75) is 58.0 Å². The molecule has 2 fully saturated rings. The third-order valence-corrected chi connectivity index (χ3v) is 6.17. The second-order valence-corrected chi connectivity index (χ2v) is 7.63. The summed E-state index contributed by atoms with van der Waals surface area (Å²) in [7, 11) is 0. The zero-order valence-corrected chi connectivity index (χ0v) is 13.7. The molecular weight excluding hydrogens is 266 g/mol. The molecule has 2 aliphatic rings. The summed E-state index contributed by atoms with van der Waals surface area (Å²) in [6.45, 7) is 4.96. The lowest BCUT2D eigenvalue weighted by molar-refractivity contribution is -0.0113. The number of piperidine rings is 1. The average Bonchev–Trinajstić information content (AvgIpc) is 2.55. The molecule has 1 saturated carbocycles. The van der Waals surface area contributed by atoms with E-state index >= 15 is 0 Å². The Hall–Kier alpha value is -1.34. The molecule has 1 aliphatic heterocycles. The predicted molar refractivity (Wildman–Crippen MR) is 94.0 cm³/mol. The van der Waals surface area contributed by atoms with Gasteiger partial charge in [-0.2, -0.15) is 0 Å². The van der Waals surface area contributed by atoms with Gasteiger partial charge < -0.3 is 0 Å². The predicted octanol–water partition coefficient (Wildman–Crippen LogP) is 5.38. The minimum atomic E-state index is 0.571. The van der Waals surface area contributed by atoms with Crippen LogP contribution in [0.5, 0.6) is 0 Å². The molecule has 1 nitrogen and oxygen atoms in total. The Kier molecular flexibility index (Phi) is 3.69. The third-order valence-electron chi connectivity index (χ3n) is 6.17. The summed E-state index contributed by atoms with van der Waals surface area (Å²) in [5, 5.41) is 2.82. The second-order valence-electron chi connectivity index (χ2n) is 7.63. The maximum absolute atomic E-state index is 2.80. The van der Waals surface area contributed by atoms with Gasteiger partial charge in [-0.1, -0.05) is 62.2 Å². The van der Waals surface area contributed by atoms with Crippen LogP contribution in [0, 0.1) is 5.41 Å². The van der Waals surface area contributed by atoms with E-state index in [1.54, 1.807) is 0 Å². The molecule has 22 heavy (non-hydrogen) atoms. The standard InChI is InChI=1S/C21H27N/c1-21-13-5-4-12-20(21)22(15-7-14-21)16-18-10-6-9-17-8-2-3-11-19(17)18/h2-3,6,8-11,20H,4-5,7,12-16H2,1H3. The van der Waals surface area contributed by atoms with E-state index in [2.05, 4.69) is 54.3 Å². The molecule has 116 valence electrons. The molecule has 2 atom stereocenters. The lowest BCUT2D eigenvalue weighted by Crippen LogP contribution is -2.52. The van der Waals surface area contributed by atoms with Gasteiger partial charge in [-0.3, -0.25) is 4.90 Å². The molecule has 2 aromatic carbocycles. The van der Waals surface area contributed by atoms with Gasteiger partial charge in [-0.15, -0.1) is 0 Å². The summed E-state index contributed by atoms with van der Waals surface area (Å²) in [5.74, 6) is 0. The number of likely N-dealkylation sites (tertiary alicyclic amines) is 1. The molecule has 1 heteroatoms. The molecule has 4 rings (SSSR count). The molecule has 0 bridgehead atoms. The van der Waals surface area contributed by atoms with Crippen LogP contribution in [0.1, 0.15) is 51.0 Å². The highest BCUT2D eigenvalue weighted by Gasteiger charge is 2.42. The van der Waals surface area contributed by atoms with Crippen molar-refractivity contribution in [1.82, 2.24) is 4.90 Å². The maximum atomic E-state index is 2.80. The summed E-state index contributed by atoms with van der Waals surface area (Å²) in [5.41, 5.74) is 2.08. The van der Waals surface area contributed by atoms with Gasteiger partial charge in [0.05, 0.1) is 0 Å². The van der Waals surface area contributed by atoms with Gasteiger partial charge in [-0.25, -0.2) is 0 Å². The fourth-order valence-electron chi connectivity index (χ4n) is 4.98. The Balaban J connectivity index is 1.64. The molecular formula is C21H27N. The van der Waals surface area contributed by atoms with Crippen molar-refractivity contribution in [3.63, 3.8) is 0 Å². The van der Waals surface area contributed by atoms with Crippen molar-refractivity contribution < 1.29 is 0 Å². The molecule has 0 N–H and O–H groups in total. The van der Waals surface area contributed by atoms with Crippen molar-refractivity contribution in [1.29, 1.82) is 0 Å². The number of benzene rings is 2. The smallest absolute Gasteiger partial charge is 0.0243 e. The Morgan fingerprint density at radius 2 is 1.82 bits per heavy atom. The molecule has 0 radical (unpaired) electrons. The van der Waals surface area contributed by atoms with Crippen LogP contribution in [-0.2, 0) is 6.54 Å². The normalized spacial score (nSPS) is 29.4. The Morgan fingerprint density at radius 3 is 2.77 bits per heavy atom. The van der Waals surface area contributed by atoms with Crippen molar-refractivity contribution in [2.24, 2.45) is 5.41 Å². The summed E-state index contributed by atoms with van der Waals surface area (Å²) < 4.78 is 0. The van der Waals surface area contributed by atoms with Gasteiger partial charge in [0.1, 0.15) is 0 Å². The van der Waals surface area contributed by atoms with Crippen LogP contribution in [-0.4, -0.2) is 17.5 Å². The summed E-state index contributed by atoms with van der Waals surface area (Å²) in [6.07, 6.45) is 8.51. The van der Waals surface area contributed by atoms with Crippen LogP contribution in [0.15, 0.2) is 42.5 Å². The van der Waals surface area contributed by atoms with Crippen LogP contribution in [0.4, 0.5) is 0 Å². The first-order valence-electron chi connectivity index (χ1n) is 8.97. The minimum absolute atomic E-state index is 0.571. The summed E-state index contributed by atoms with van der Waals surface area (Å²) in [4.78, 5) is 2.80. The molecule has 1 aliphatic carbocycles. The van der Waals surface area contributed by atoms with Crippen LogP contribution < -0.4 is 0 Å². The molecule has 0 amide bonds. The highest BCUT2D eigenvalue weighted by atomic mass is 15.2. The van der Waals surface area contributed by atoms with Crippen LogP contribution >= 0.6 is 0 Å². The van der Waals surface area contributed by atoms with Crippen molar-refractivity contribution in [3.8, 4) is 0 Å².